The fraction of sp³-hybridized carbons (Fsp3) is 0.474. The van der Waals surface area contributed by atoms with E-state index in [4.69, 9.17) is 5.73 Å². The van der Waals surface area contributed by atoms with Crippen LogP contribution in [0.25, 0.3) is 0 Å². The molecule has 8 heteroatoms. The first-order chi connectivity index (χ1) is 12.7. The first-order valence-electron chi connectivity index (χ1n) is 8.72. The number of amides is 2. The van der Waals surface area contributed by atoms with Crippen molar-refractivity contribution < 1.29 is 27.9 Å². The molecule has 1 rings (SSSR count). The number of aliphatic hydroxyl groups excluding tert-OH is 1. The molecule has 0 aliphatic rings. The number of hydrogen-bond acceptors (Lipinski definition) is 3. The van der Waals surface area contributed by atoms with Gasteiger partial charge in [0.05, 0.1) is 5.56 Å². The third-order valence-corrected chi connectivity index (χ3v) is 4.11. The summed E-state index contributed by atoms with van der Waals surface area (Å²) in [5.74, 6) is -1.61. The molecule has 1 aromatic carbocycles. The summed E-state index contributed by atoms with van der Waals surface area (Å²) in [4.78, 5) is 23.6. The predicted molar refractivity (Wildman–Crippen MR) is 95.4 cm³/mol. The van der Waals surface area contributed by atoms with Gasteiger partial charge in [-0.15, -0.1) is 6.58 Å². The quantitative estimate of drug-likeness (QED) is 0.403. The average Bonchev–Trinajstić information content (AvgIpc) is 2.62. The van der Waals surface area contributed by atoms with Crippen molar-refractivity contribution in [3.05, 3.63) is 48.0 Å². The van der Waals surface area contributed by atoms with Crippen LogP contribution >= 0.6 is 0 Å². The lowest BCUT2D eigenvalue weighted by molar-refractivity contribution is -0.137. The van der Waals surface area contributed by atoms with Gasteiger partial charge in [0.2, 0.25) is 5.91 Å². The van der Waals surface area contributed by atoms with E-state index in [0.717, 1.165) is 49.9 Å². The van der Waals surface area contributed by atoms with Crippen LogP contribution in [0, 0.1) is 0 Å². The number of alkyl halides is 3. The van der Waals surface area contributed by atoms with Crippen LogP contribution < -0.4 is 11.1 Å². The largest absolute Gasteiger partial charge is 0.416 e. The minimum Gasteiger partial charge on any atom is -0.378 e. The van der Waals surface area contributed by atoms with Crippen molar-refractivity contribution in [3.63, 3.8) is 0 Å². The van der Waals surface area contributed by atoms with Crippen LogP contribution in [-0.4, -0.2) is 23.0 Å². The van der Waals surface area contributed by atoms with Crippen molar-refractivity contribution in [2.24, 2.45) is 5.73 Å². The SMILES string of the molecule is C=CCCCCCC[C@@H](NC(=O)[C@@H](O)c1ccc(C(F)(F)F)cc1)C(N)=O. The van der Waals surface area contributed by atoms with Crippen molar-refractivity contribution in [1.82, 2.24) is 5.32 Å². The lowest BCUT2D eigenvalue weighted by Gasteiger charge is -2.18. The van der Waals surface area contributed by atoms with E-state index in [1.807, 2.05) is 6.08 Å². The van der Waals surface area contributed by atoms with Crippen molar-refractivity contribution in [2.75, 3.05) is 0 Å². The molecule has 2 amide bonds. The second-order valence-electron chi connectivity index (χ2n) is 6.27. The lowest BCUT2D eigenvalue weighted by atomic mass is 10.0. The first-order valence-corrected chi connectivity index (χ1v) is 8.72. The van der Waals surface area contributed by atoms with Gasteiger partial charge >= 0.3 is 6.18 Å². The maximum absolute atomic E-state index is 12.6. The zero-order valence-corrected chi connectivity index (χ0v) is 15.0. The summed E-state index contributed by atoms with van der Waals surface area (Å²) >= 11 is 0. The van der Waals surface area contributed by atoms with Crippen LogP contribution in [0.15, 0.2) is 36.9 Å². The number of halogens is 3. The summed E-state index contributed by atoms with van der Waals surface area (Å²) in [6.45, 7) is 3.63. The molecular formula is C19H25F3N2O3. The normalized spacial score (nSPS) is 13.6. The fourth-order valence-corrected chi connectivity index (χ4v) is 2.53. The Kier molecular flexibility index (Phi) is 9.00. The highest BCUT2D eigenvalue weighted by atomic mass is 19.4. The Bertz CT molecular complexity index is 630. The van der Waals surface area contributed by atoms with Gasteiger partial charge in [-0.25, -0.2) is 0 Å². The van der Waals surface area contributed by atoms with Gasteiger partial charge in [0, 0.05) is 0 Å². The monoisotopic (exact) mass is 386 g/mol. The summed E-state index contributed by atoms with van der Waals surface area (Å²) in [5.41, 5.74) is 4.39. The minimum absolute atomic E-state index is 0.00635. The maximum Gasteiger partial charge on any atom is 0.416 e. The smallest absolute Gasteiger partial charge is 0.378 e. The highest BCUT2D eigenvalue weighted by molar-refractivity contribution is 5.88. The molecule has 0 aromatic heterocycles. The molecular weight excluding hydrogens is 361 g/mol. The van der Waals surface area contributed by atoms with Crippen LogP contribution in [0.2, 0.25) is 0 Å². The van der Waals surface area contributed by atoms with E-state index < -0.39 is 35.7 Å². The number of allylic oxidation sites excluding steroid dienone is 1. The molecule has 0 aliphatic heterocycles. The van der Waals surface area contributed by atoms with E-state index in [1.54, 1.807) is 0 Å². The highest BCUT2D eigenvalue weighted by Gasteiger charge is 2.31. The molecule has 0 saturated heterocycles. The second-order valence-corrected chi connectivity index (χ2v) is 6.27. The Morgan fingerprint density at radius 1 is 1.15 bits per heavy atom. The molecule has 150 valence electrons. The van der Waals surface area contributed by atoms with Crippen molar-refractivity contribution in [3.8, 4) is 0 Å². The molecule has 0 heterocycles. The van der Waals surface area contributed by atoms with Crippen LogP contribution in [0.5, 0.6) is 0 Å². The summed E-state index contributed by atoms with van der Waals surface area (Å²) in [7, 11) is 0. The van der Waals surface area contributed by atoms with Crippen molar-refractivity contribution in [2.45, 2.75) is 56.8 Å². The molecule has 27 heavy (non-hydrogen) atoms. The number of nitrogens with two attached hydrogens (primary N) is 1. The van der Waals surface area contributed by atoms with Crippen LogP contribution in [0.1, 0.15) is 55.8 Å². The molecule has 0 bridgehead atoms. The summed E-state index contributed by atoms with van der Waals surface area (Å²) < 4.78 is 37.7. The van der Waals surface area contributed by atoms with Crippen LogP contribution in [-0.2, 0) is 15.8 Å². The van der Waals surface area contributed by atoms with E-state index in [0.29, 0.717) is 12.8 Å². The third-order valence-electron chi connectivity index (χ3n) is 4.11. The van der Waals surface area contributed by atoms with Gasteiger partial charge in [-0.2, -0.15) is 13.2 Å². The zero-order valence-electron chi connectivity index (χ0n) is 15.0. The summed E-state index contributed by atoms with van der Waals surface area (Å²) in [6, 6.07) is 2.65. The number of primary amides is 1. The fourth-order valence-electron chi connectivity index (χ4n) is 2.53. The number of benzene rings is 1. The number of hydrogen-bond donors (Lipinski definition) is 3. The Morgan fingerprint density at radius 2 is 1.74 bits per heavy atom. The van der Waals surface area contributed by atoms with Gasteiger partial charge in [0.15, 0.2) is 6.10 Å². The molecule has 0 fully saturated rings. The Morgan fingerprint density at radius 3 is 2.26 bits per heavy atom. The van der Waals surface area contributed by atoms with Gasteiger partial charge in [0.1, 0.15) is 6.04 Å². The van der Waals surface area contributed by atoms with Crippen molar-refractivity contribution >= 4 is 11.8 Å². The van der Waals surface area contributed by atoms with E-state index in [-0.39, 0.29) is 5.56 Å². The van der Waals surface area contributed by atoms with Crippen molar-refractivity contribution in [1.29, 1.82) is 0 Å². The molecule has 0 unspecified atom stereocenters. The standard InChI is InChI=1S/C19H25F3N2O3/c1-2-3-4-5-6-7-8-15(17(23)26)24-18(27)16(25)13-9-11-14(12-10-13)19(20,21)22/h2,9-12,15-16,25H,1,3-8H2,(H2,23,26)(H,24,27)/t15-,16+/m1/s1. The maximum atomic E-state index is 12.6. The number of aliphatic hydroxyl groups is 1. The highest BCUT2D eigenvalue weighted by Crippen LogP contribution is 2.30. The number of carbonyl (C=O) groups excluding carboxylic acids is 2. The van der Waals surface area contributed by atoms with E-state index in [2.05, 4.69) is 11.9 Å². The molecule has 0 aliphatic carbocycles. The average molecular weight is 386 g/mol. The van der Waals surface area contributed by atoms with Gasteiger partial charge < -0.3 is 16.2 Å². The summed E-state index contributed by atoms with van der Waals surface area (Å²) in [5, 5.41) is 12.4. The van der Waals surface area contributed by atoms with E-state index in [9.17, 15) is 27.9 Å². The Balaban J connectivity index is 2.59. The Hall–Kier alpha value is -2.35. The lowest BCUT2D eigenvalue weighted by Crippen LogP contribution is -2.46. The van der Waals surface area contributed by atoms with Gasteiger partial charge in [0.25, 0.3) is 5.91 Å². The zero-order chi connectivity index (χ0) is 20.4. The molecule has 0 spiro atoms. The topological polar surface area (TPSA) is 92.4 Å². The molecule has 5 nitrogen and oxygen atoms in total. The number of rotatable bonds is 11. The molecule has 0 radical (unpaired) electrons. The van der Waals surface area contributed by atoms with E-state index in [1.165, 1.54) is 0 Å². The molecule has 0 saturated carbocycles. The summed E-state index contributed by atoms with van der Waals surface area (Å²) in [6.07, 6.45) is 0.342. The number of nitrogens with one attached hydrogen (secondary N) is 1. The van der Waals surface area contributed by atoms with Crippen LogP contribution in [0.4, 0.5) is 13.2 Å². The molecule has 2 atom stereocenters. The molecule has 1 aromatic rings. The number of carbonyl (C=O) groups is 2. The van der Waals surface area contributed by atoms with E-state index >= 15 is 0 Å². The van der Waals surface area contributed by atoms with Gasteiger partial charge in [-0.3, -0.25) is 9.59 Å². The minimum atomic E-state index is -4.51. The second kappa shape index (κ2) is 10.7. The third kappa shape index (κ3) is 7.82. The number of unbranched alkanes of at least 4 members (excludes halogenated alkanes) is 4. The van der Waals surface area contributed by atoms with Crippen LogP contribution in [0.3, 0.4) is 0 Å². The first kappa shape index (κ1) is 22.7. The Labute approximate surface area is 156 Å². The van der Waals surface area contributed by atoms with Gasteiger partial charge in [-0.05, 0) is 37.0 Å². The predicted octanol–water partition coefficient (Wildman–Crippen LogP) is 3.24. The molecule has 4 N–H and O–H groups in total. The van der Waals surface area contributed by atoms with Gasteiger partial charge in [-0.1, -0.05) is 37.5 Å².